The summed E-state index contributed by atoms with van der Waals surface area (Å²) in [5.41, 5.74) is 10.7. The summed E-state index contributed by atoms with van der Waals surface area (Å²) < 4.78 is 1.47. The third-order valence-electron chi connectivity index (χ3n) is 7.92. The van der Waals surface area contributed by atoms with Gasteiger partial charge in [0.2, 0.25) is 0 Å². The molecule has 0 saturated carbocycles. The first-order chi connectivity index (χ1) is 22.0. The molecule has 0 atom stereocenters. The van der Waals surface area contributed by atoms with Crippen LogP contribution in [0.2, 0.25) is 0 Å². The zero-order valence-corrected chi connectivity index (χ0v) is 27.6. The molecule has 0 unspecified atom stereocenters. The van der Waals surface area contributed by atoms with Gasteiger partial charge in [-0.05, 0) is 67.9 Å². The first-order valence-electron chi connectivity index (χ1n) is 15.8. The summed E-state index contributed by atoms with van der Waals surface area (Å²) in [7, 11) is 1.67. The predicted octanol–water partition coefficient (Wildman–Crippen LogP) is 5.46. The number of likely N-dealkylation sites (N-methyl/N-ethyl adjacent to an activating group) is 1. The van der Waals surface area contributed by atoms with Gasteiger partial charge in [-0.15, -0.1) is 0 Å². The summed E-state index contributed by atoms with van der Waals surface area (Å²) >= 11 is 0. The van der Waals surface area contributed by atoms with E-state index < -0.39 is 0 Å². The molecule has 0 fully saturated rings. The lowest BCUT2D eigenvalue weighted by atomic mass is 10.0. The molecule has 2 amide bonds. The van der Waals surface area contributed by atoms with Gasteiger partial charge in [0, 0.05) is 61.1 Å². The van der Waals surface area contributed by atoms with Crippen molar-refractivity contribution in [3.63, 3.8) is 0 Å². The van der Waals surface area contributed by atoms with Crippen molar-refractivity contribution in [2.45, 2.75) is 34.6 Å². The summed E-state index contributed by atoms with van der Waals surface area (Å²) in [4.78, 5) is 48.3. The summed E-state index contributed by atoms with van der Waals surface area (Å²) in [5.74, 6) is 0.0170. The second kappa shape index (κ2) is 15.4. The lowest BCUT2D eigenvalue weighted by Crippen LogP contribution is -2.35. The van der Waals surface area contributed by atoms with Gasteiger partial charge >= 0.3 is 0 Å². The number of nitrogens with two attached hydrogens (primary N) is 1. The minimum absolute atomic E-state index is 0.0797. The van der Waals surface area contributed by atoms with E-state index in [2.05, 4.69) is 43.2 Å². The fourth-order valence-electron chi connectivity index (χ4n) is 5.35. The highest BCUT2D eigenvalue weighted by atomic mass is 16.2. The van der Waals surface area contributed by atoms with Crippen LogP contribution in [0.25, 0.3) is 11.3 Å². The molecule has 10 nitrogen and oxygen atoms in total. The van der Waals surface area contributed by atoms with Crippen molar-refractivity contribution in [2.24, 2.45) is 13.0 Å². The molecule has 0 bridgehead atoms. The third-order valence-corrected chi connectivity index (χ3v) is 7.92. The molecule has 0 spiro atoms. The molecule has 4 aromatic rings. The summed E-state index contributed by atoms with van der Waals surface area (Å²) in [6.07, 6.45) is 1.69. The van der Waals surface area contributed by atoms with Gasteiger partial charge < -0.3 is 30.7 Å². The maximum atomic E-state index is 13.7. The van der Waals surface area contributed by atoms with Crippen LogP contribution < -0.4 is 26.8 Å². The topological polar surface area (TPSA) is 126 Å². The van der Waals surface area contributed by atoms with Crippen molar-refractivity contribution in [1.82, 2.24) is 19.8 Å². The van der Waals surface area contributed by atoms with Gasteiger partial charge in [-0.1, -0.05) is 58.0 Å². The molecule has 4 N–H and O–H groups in total. The molecule has 1 aromatic heterocycles. The fraction of sp³-hybridized carbons (Fsp3) is 0.333. The van der Waals surface area contributed by atoms with Crippen molar-refractivity contribution in [2.75, 3.05) is 48.7 Å². The summed E-state index contributed by atoms with van der Waals surface area (Å²) in [6, 6.07) is 20.0. The number of aromatic nitrogens is 2. The molecule has 0 saturated heterocycles. The van der Waals surface area contributed by atoms with Gasteiger partial charge in [0.15, 0.2) is 5.82 Å². The number of nitrogen functional groups attached to an aromatic ring is 1. The van der Waals surface area contributed by atoms with Crippen molar-refractivity contribution < 1.29 is 9.59 Å². The van der Waals surface area contributed by atoms with Gasteiger partial charge in [0.25, 0.3) is 17.4 Å². The number of carbonyl (C=O) groups excluding carboxylic acids is 2. The van der Waals surface area contributed by atoms with Crippen LogP contribution in [0.15, 0.2) is 77.7 Å². The second-order valence-corrected chi connectivity index (χ2v) is 11.7. The van der Waals surface area contributed by atoms with E-state index in [1.54, 1.807) is 31.4 Å². The van der Waals surface area contributed by atoms with E-state index in [0.29, 0.717) is 35.6 Å². The number of carbonyl (C=O) groups is 2. The van der Waals surface area contributed by atoms with Crippen molar-refractivity contribution in [3.05, 3.63) is 100.0 Å². The molecular formula is C36H45N7O3. The van der Waals surface area contributed by atoms with Gasteiger partial charge in [-0.3, -0.25) is 14.4 Å². The number of benzene rings is 3. The van der Waals surface area contributed by atoms with Crippen LogP contribution in [-0.4, -0.2) is 59.0 Å². The van der Waals surface area contributed by atoms with Gasteiger partial charge in [0.1, 0.15) is 0 Å². The number of nitrogens with one attached hydrogen (secondary N) is 2. The molecule has 10 heteroatoms. The Morgan fingerprint density at radius 3 is 2.37 bits per heavy atom. The zero-order valence-electron chi connectivity index (χ0n) is 27.6. The number of amides is 2. The molecule has 3 aromatic carbocycles. The molecule has 0 aliphatic heterocycles. The highest BCUT2D eigenvalue weighted by Crippen LogP contribution is 2.32. The van der Waals surface area contributed by atoms with Gasteiger partial charge in [0.05, 0.1) is 11.3 Å². The van der Waals surface area contributed by atoms with E-state index in [1.165, 1.54) is 4.57 Å². The number of aryl methyl sites for hydroxylation is 1. The van der Waals surface area contributed by atoms with Crippen LogP contribution in [-0.2, 0) is 7.05 Å². The van der Waals surface area contributed by atoms with Gasteiger partial charge in [-0.2, -0.15) is 0 Å². The Morgan fingerprint density at radius 1 is 1.00 bits per heavy atom. The van der Waals surface area contributed by atoms with E-state index in [0.717, 1.165) is 36.4 Å². The molecule has 0 aliphatic carbocycles. The highest BCUT2D eigenvalue weighted by Gasteiger charge is 2.22. The molecular weight excluding hydrogens is 578 g/mol. The predicted molar refractivity (Wildman–Crippen MR) is 187 cm³/mol. The van der Waals surface area contributed by atoms with E-state index in [1.807, 2.05) is 60.4 Å². The number of hydrogen-bond acceptors (Lipinski definition) is 7. The zero-order chi connectivity index (χ0) is 33.4. The van der Waals surface area contributed by atoms with E-state index >= 15 is 0 Å². The number of nitrogens with zero attached hydrogens (tertiary/aromatic N) is 4. The smallest absolute Gasteiger partial charge is 0.293 e. The van der Waals surface area contributed by atoms with Crippen molar-refractivity contribution in [3.8, 4) is 11.3 Å². The minimum atomic E-state index is -0.324. The monoisotopic (exact) mass is 623 g/mol. The molecule has 46 heavy (non-hydrogen) atoms. The lowest BCUT2D eigenvalue weighted by molar-refractivity contribution is 0.0948. The van der Waals surface area contributed by atoms with E-state index in [9.17, 15) is 14.4 Å². The van der Waals surface area contributed by atoms with Crippen LogP contribution in [0.5, 0.6) is 0 Å². The fourth-order valence-corrected chi connectivity index (χ4v) is 5.35. The first kappa shape index (κ1) is 33.9. The maximum Gasteiger partial charge on any atom is 0.293 e. The van der Waals surface area contributed by atoms with Crippen LogP contribution in [0.1, 0.15) is 54.0 Å². The van der Waals surface area contributed by atoms with Crippen LogP contribution in [0.4, 0.5) is 22.9 Å². The van der Waals surface area contributed by atoms with E-state index in [4.69, 9.17) is 10.7 Å². The molecule has 0 aliphatic rings. The standard InChI is InChI=1S/C36H45N7O3/c1-7-42(8-2)20-19-38-34(44)29-18-17-27(21-30(29)37)39-33-36(46)41(6)23-31(40-33)28-15-12-16-32(25(28)5)43(22-24(3)4)35(45)26-13-10-9-11-14-26/h9-18,21,23-24H,7-8,19-20,22,37H2,1-6H3,(H,38,44)(H,39,40). The van der Waals surface area contributed by atoms with Crippen molar-refractivity contribution >= 4 is 34.7 Å². The maximum absolute atomic E-state index is 13.7. The van der Waals surface area contributed by atoms with Crippen LogP contribution in [0.3, 0.4) is 0 Å². The molecule has 4 rings (SSSR count). The van der Waals surface area contributed by atoms with Crippen molar-refractivity contribution in [1.29, 1.82) is 0 Å². The number of hydrogen-bond donors (Lipinski definition) is 3. The SMILES string of the molecule is CCN(CC)CCNC(=O)c1ccc(Nc2nc(-c3cccc(N(CC(C)C)C(=O)c4ccccc4)c3C)cn(C)c2=O)cc1N. The first-order valence-corrected chi connectivity index (χ1v) is 15.8. The average Bonchev–Trinajstić information content (AvgIpc) is 3.04. The Morgan fingerprint density at radius 2 is 1.72 bits per heavy atom. The van der Waals surface area contributed by atoms with Crippen LogP contribution in [0, 0.1) is 12.8 Å². The Labute approximate surface area is 271 Å². The third kappa shape index (κ3) is 8.00. The van der Waals surface area contributed by atoms with E-state index in [-0.39, 0.29) is 34.8 Å². The van der Waals surface area contributed by atoms with Crippen LogP contribution >= 0.6 is 0 Å². The number of rotatable bonds is 13. The lowest BCUT2D eigenvalue weighted by Gasteiger charge is -2.27. The summed E-state index contributed by atoms with van der Waals surface area (Å²) in [5, 5.41) is 6.02. The minimum Gasteiger partial charge on any atom is -0.398 e. The Hall–Kier alpha value is -4.96. The molecule has 0 radical (unpaired) electrons. The Bertz CT molecular complexity index is 1730. The molecule has 242 valence electrons. The Balaban J connectivity index is 1.62. The normalized spacial score (nSPS) is 11.1. The summed E-state index contributed by atoms with van der Waals surface area (Å²) in [6.45, 7) is 13.9. The largest absolute Gasteiger partial charge is 0.398 e. The molecule has 1 heterocycles. The van der Waals surface area contributed by atoms with Gasteiger partial charge in [-0.25, -0.2) is 4.98 Å². The highest BCUT2D eigenvalue weighted by molar-refractivity contribution is 6.07. The quantitative estimate of drug-likeness (QED) is 0.169. The average molecular weight is 624 g/mol. The second-order valence-electron chi connectivity index (χ2n) is 11.7. The number of anilines is 4. The Kier molecular flexibility index (Phi) is 11.3.